The quantitative estimate of drug-likeness (QED) is 0.180. The van der Waals surface area contributed by atoms with Crippen LogP contribution in [0, 0.1) is 0 Å². The van der Waals surface area contributed by atoms with Crippen LogP contribution < -0.4 is 0 Å². The summed E-state index contributed by atoms with van der Waals surface area (Å²) in [7, 11) is 0. The fraction of sp³-hybridized carbons (Fsp3) is 0.0732. The van der Waals surface area contributed by atoms with E-state index in [1.54, 1.807) is 118 Å². The van der Waals surface area contributed by atoms with Gasteiger partial charge in [0.15, 0.2) is 12.7 Å². The van der Waals surface area contributed by atoms with E-state index in [2.05, 4.69) is 119 Å². The summed E-state index contributed by atoms with van der Waals surface area (Å²) in [5.41, 5.74) is 0. The zero-order valence-electron chi connectivity index (χ0n) is 34.6. The molecular weight excluding hydrogens is 837 g/mol. The second kappa shape index (κ2) is 50.4. The smallest absolute Gasteiger partial charge is 0.213 e. The number of rotatable bonds is 0. The van der Waals surface area contributed by atoms with Crippen molar-refractivity contribution in [3.63, 3.8) is 0 Å². The molecule has 0 unspecified atom stereocenters. The molecule has 24 nitrogen and oxygen atoms in total. The Labute approximate surface area is 373 Å². The highest BCUT2D eigenvalue weighted by Crippen LogP contribution is 1.86. The predicted octanol–water partition coefficient (Wildman–Crippen LogP) is 5.57. The summed E-state index contributed by atoms with van der Waals surface area (Å²) >= 11 is 0. The maximum Gasteiger partial charge on any atom is 0.213 e. The lowest BCUT2D eigenvalue weighted by molar-refractivity contribution is 0.416. The molecule has 0 spiro atoms. The second-order valence-electron chi connectivity index (χ2n) is 9.76. The molecule has 65 heavy (non-hydrogen) atoms. The molecule has 0 saturated carbocycles. The monoisotopic (exact) mass is 880 g/mol. The Morgan fingerprint density at radius 2 is 1.08 bits per heavy atom. The zero-order chi connectivity index (χ0) is 46.0. The highest BCUT2D eigenvalue weighted by Gasteiger charge is 1.74. The number of pyridine rings is 1. The molecule has 9 aromatic rings. The van der Waals surface area contributed by atoms with Gasteiger partial charge in [0.2, 0.25) is 19.2 Å². The number of allylic oxidation sites excluding steroid dienone is 2. The zero-order valence-corrected chi connectivity index (χ0v) is 34.6. The van der Waals surface area contributed by atoms with Crippen LogP contribution in [-0.2, 0) is 0 Å². The van der Waals surface area contributed by atoms with Gasteiger partial charge in [-0.1, -0.05) is 28.5 Å². The highest BCUT2D eigenvalue weighted by molar-refractivity contribution is 5.79. The van der Waals surface area contributed by atoms with E-state index in [1.165, 1.54) is 63.3 Å². The van der Waals surface area contributed by atoms with Crippen molar-refractivity contribution in [1.82, 2.24) is 80.8 Å². The van der Waals surface area contributed by atoms with Gasteiger partial charge in [-0.25, -0.2) is 29.9 Å². The van der Waals surface area contributed by atoms with E-state index >= 15 is 0 Å². The first-order valence-corrected chi connectivity index (χ1v) is 18.4. The average Bonchev–Trinajstić information content (AvgIpc) is 4.28. The largest absolute Gasteiger partial charge is 0.452 e. The molecule has 3 aliphatic rings. The van der Waals surface area contributed by atoms with Crippen molar-refractivity contribution in [2.45, 2.75) is 6.42 Å². The van der Waals surface area contributed by atoms with Crippen LogP contribution in [0.15, 0.2) is 249 Å². The summed E-state index contributed by atoms with van der Waals surface area (Å²) in [4.78, 5) is 44.2. The normalized spacial score (nSPS) is 10.2. The van der Waals surface area contributed by atoms with Gasteiger partial charge in [-0.3, -0.25) is 29.9 Å². The number of nitrogens with zero attached hydrogens (tertiary/aromatic N) is 20. The Kier molecular flexibility index (Phi) is 41.3. The van der Waals surface area contributed by atoms with Gasteiger partial charge in [-0.05, 0) is 42.5 Å². The van der Waals surface area contributed by atoms with E-state index in [0.29, 0.717) is 0 Å². The van der Waals surface area contributed by atoms with Crippen molar-refractivity contribution < 1.29 is 17.9 Å². The summed E-state index contributed by atoms with van der Waals surface area (Å²) in [5.74, 6) is 0. The first-order valence-electron chi connectivity index (χ1n) is 18.4. The van der Waals surface area contributed by atoms with Crippen LogP contribution in [0.3, 0.4) is 0 Å². The molecule has 0 fully saturated rings. The molecular formula is C41H44N20O4. The van der Waals surface area contributed by atoms with Gasteiger partial charge in [0, 0.05) is 99.4 Å². The van der Waals surface area contributed by atoms with Crippen molar-refractivity contribution >= 4 is 25.0 Å². The molecule has 0 aromatic carbocycles. The van der Waals surface area contributed by atoms with Crippen LogP contribution in [0.25, 0.3) is 0 Å². The number of hydrogen-bond donors (Lipinski definition) is 0. The van der Waals surface area contributed by atoms with E-state index < -0.39 is 0 Å². The van der Waals surface area contributed by atoms with Crippen molar-refractivity contribution in [2.75, 3.05) is 13.1 Å². The van der Waals surface area contributed by atoms with E-state index in [4.69, 9.17) is 0 Å². The van der Waals surface area contributed by atoms with E-state index in [0.717, 1.165) is 19.5 Å². The molecule has 0 saturated heterocycles. The van der Waals surface area contributed by atoms with Crippen LogP contribution in [0.5, 0.6) is 0 Å². The first-order chi connectivity index (χ1) is 32.5. The maximum absolute atomic E-state index is 4.47. The van der Waals surface area contributed by atoms with E-state index in [1.807, 2.05) is 54.8 Å². The SMILES string of the molecule is C1=CCN=C1.C1=CN=CC1.C1=NC=NC1.c1ccncc1.c1ccnnc1.c1cnccn1.c1cncnc1.c1cnncn1.c1cnoc1.c1cocn1.c1ncon1.c1nnco1. The Morgan fingerprint density at radius 1 is 0.369 bits per heavy atom. The summed E-state index contributed by atoms with van der Waals surface area (Å²) in [6.45, 7) is 1.67. The van der Waals surface area contributed by atoms with Crippen LogP contribution >= 0.6 is 0 Å². The van der Waals surface area contributed by atoms with Crippen LogP contribution in [-0.4, -0.2) is 119 Å². The Hall–Kier alpha value is -9.74. The third kappa shape index (κ3) is 48.5. The molecule has 12 heterocycles. The number of oxazole rings is 1. The number of hydrogen-bond acceptors (Lipinski definition) is 24. The summed E-state index contributed by atoms with van der Waals surface area (Å²) in [6.07, 6.45) is 51.2. The van der Waals surface area contributed by atoms with Crippen LogP contribution in [0.4, 0.5) is 0 Å². The van der Waals surface area contributed by atoms with Gasteiger partial charge in [0.1, 0.15) is 31.5 Å². The van der Waals surface area contributed by atoms with Crippen molar-refractivity contribution in [3.05, 3.63) is 211 Å². The Balaban J connectivity index is 0.000000355. The maximum atomic E-state index is 4.47. The first kappa shape index (κ1) is 53.3. The molecule has 0 aliphatic carbocycles. The fourth-order valence-corrected chi connectivity index (χ4v) is 2.75. The standard InChI is InChI=1S/C5H5N.3C4H4N2.2C4H5N.C3H3N3.C3H4N2.2C3H3NO.2C2H2N2O/c1-2-4-6-5-3-1;1-2-6-4-3-5-1;1-2-5-4-6-3-1;1-2-4-6-5-3-1;2*1-2-4-5-3-1;1-2-5-6-3-4-1;2*1-2-5-3-4-1;1-2-4-5-3-1;1-3-4-2-5-1;1-3-2-5-4-1/h1-5H;3*1-4H;1,3-4H,2H2;1-3H,4H2;1-3H;1,3H,2H2;2*1-3H;2*1-2H. The summed E-state index contributed by atoms with van der Waals surface area (Å²) in [5, 5.41) is 27.2. The Morgan fingerprint density at radius 3 is 1.26 bits per heavy atom. The van der Waals surface area contributed by atoms with Gasteiger partial charge in [0.05, 0.1) is 31.7 Å². The third-order valence-corrected chi connectivity index (χ3v) is 5.19. The molecule has 24 heteroatoms. The molecule has 12 rings (SSSR count). The van der Waals surface area contributed by atoms with Crippen LogP contribution in [0.1, 0.15) is 6.42 Å². The molecule has 332 valence electrons. The topological polar surface area (TPSA) is 308 Å². The fourth-order valence-electron chi connectivity index (χ4n) is 2.75. The average molecular weight is 881 g/mol. The van der Waals surface area contributed by atoms with E-state index in [-0.39, 0.29) is 0 Å². The molecule has 0 N–H and O–H groups in total. The molecule has 0 amide bonds. The van der Waals surface area contributed by atoms with Gasteiger partial charge in [-0.15, -0.1) is 15.3 Å². The molecule has 0 radical (unpaired) electrons. The number of aliphatic imine (C=N–C) groups is 4. The van der Waals surface area contributed by atoms with Crippen molar-refractivity contribution in [2.24, 2.45) is 20.0 Å². The van der Waals surface area contributed by atoms with Gasteiger partial charge in [-0.2, -0.15) is 15.3 Å². The molecule has 0 atom stereocenters. The van der Waals surface area contributed by atoms with Crippen molar-refractivity contribution in [1.29, 1.82) is 0 Å². The lowest BCUT2D eigenvalue weighted by Crippen LogP contribution is -1.75. The van der Waals surface area contributed by atoms with E-state index in [9.17, 15) is 0 Å². The molecule has 3 aliphatic heterocycles. The van der Waals surface area contributed by atoms with Gasteiger partial charge >= 0.3 is 0 Å². The molecule has 9 aromatic heterocycles. The summed E-state index contributed by atoms with van der Waals surface area (Å²) < 4.78 is 17.4. The highest BCUT2D eigenvalue weighted by atomic mass is 16.5. The van der Waals surface area contributed by atoms with Gasteiger partial charge in [0.25, 0.3) is 0 Å². The van der Waals surface area contributed by atoms with Crippen molar-refractivity contribution in [3.8, 4) is 0 Å². The minimum atomic E-state index is 0.778. The minimum Gasteiger partial charge on any atom is -0.452 e. The second-order valence-corrected chi connectivity index (χ2v) is 9.76. The lowest BCUT2D eigenvalue weighted by Gasteiger charge is -1.70. The lowest BCUT2D eigenvalue weighted by atomic mass is 10.5. The van der Waals surface area contributed by atoms with Crippen LogP contribution in [0.2, 0.25) is 0 Å². The van der Waals surface area contributed by atoms with Gasteiger partial charge < -0.3 is 17.9 Å². The molecule has 0 bridgehead atoms. The Bertz CT molecular complexity index is 1670. The predicted molar refractivity (Wildman–Crippen MR) is 238 cm³/mol. The third-order valence-electron chi connectivity index (χ3n) is 5.19. The number of aromatic nitrogens is 16. The minimum absolute atomic E-state index is 0.778. The summed E-state index contributed by atoms with van der Waals surface area (Å²) in [6, 6.07) is 12.9.